The van der Waals surface area contributed by atoms with Crippen LogP contribution in [-0.2, 0) is 0 Å². The lowest BCUT2D eigenvalue weighted by atomic mass is 10.0. The van der Waals surface area contributed by atoms with Crippen molar-refractivity contribution in [3.63, 3.8) is 0 Å². The number of carboxylic acid groups (broad SMARTS) is 1. The second-order valence-electron chi connectivity index (χ2n) is 5.25. The summed E-state index contributed by atoms with van der Waals surface area (Å²) in [7, 11) is 0. The smallest absolute Gasteiger partial charge is 0.476 e. The molecule has 0 bridgehead atoms. The van der Waals surface area contributed by atoms with Crippen molar-refractivity contribution in [1.29, 1.82) is 0 Å². The fraction of sp³-hybridized carbons (Fsp3) is 0.0625. The molecule has 0 spiro atoms. The molecule has 126 valence electrons. The number of halogens is 2. The minimum absolute atomic E-state index is 0.0286. The van der Waals surface area contributed by atoms with Gasteiger partial charge in [0.05, 0.1) is 0 Å². The Bertz CT molecular complexity index is 970. The van der Waals surface area contributed by atoms with E-state index in [-0.39, 0.29) is 22.9 Å². The Kier molecular flexibility index (Phi) is 3.17. The molecule has 0 saturated carbocycles. The van der Waals surface area contributed by atoms with Crippen LogP contribution in [-0.4, -0.2) is 32.8 Å². The van der Waals surface area contributed by atoms with Crippen molar-refractivity contribution < 1.29 is 28.2 Å². The van der Waals surface area contributed by atoms with Crippen molar-refractivity contribution in [3.8, 4) is 33.9 Å². The number of carboxylic acids is 1. The molecule has 0 radical (unpaired) electrons. The minimum atomic E-state index is -3.66. The number of alkyl halides is 2. The van der Waals surface area contributed by atoms with E-state index in [0.29, 0.717) is 11.1 Å². The quantitative estimate of drug-likeness (QED) is 0.757. The zero-order valence-corrected chi connectivity index (χ0v) is 12.4. The number of aromatic nitrogens is 3. The third-order valence-corrected chi connectivity index (χ3v) is 3.66. The molecular formula is C16H9F2N3O4. The molecule has 4 rings (SSSR count). The van der Waals surface area contributed by atoms with Gasteiger partial charge in [0.2, 0.25) is 0 Å². The summed E-state index contributed by atoms with van der Waals surface area (Å²) < 4.78 is 34.9. The molecule has 7 nitrogen and oxygen atoms in total. The van der Waals surface area contributed by atoms with Gasteiger partial charge in [0.25, 0.3) is 0 Å². The van der Waals surface area contributed by atoms with Crippen LogP contribution in [0.15, 0.2) is 42.5 Å². The molecule has 0 saturated heterocycles. The van der Waals surface area contributed by atoms with E-state index in [1.807, 2.05) is 0 Å². The van der Waals surface area contributed by atoms with Gasteiger partial charge in [-0.05, 0) is 23.3 Å². The van der Waals surface area contributed by atoms with Gasteiger partial charge in [-0.25, -0.2) is 4.79 Å². The molecule has 25 heavy (non-hydrogen) atoms. The number of hydrogen-bond donors (Lipinski definition) is 2. The highest BCUT2D eigenvalue weighted by molar-refractivity contribution is 5.92. The molecule has 0 atom stereocenters. The Balaban J connectivity index is 1.66. The predicted molar refractivity (Wildman–Crippen MR) is 80.4 cm³/mol. The number of aromatic carboxylic acids is 1. The first-order valence-corrected chi connectivity index (χ1v) is 7.08. The van der Waals surface area contributed by atoms with E-state index in [1.54, 1.807) is 30.3 Å². The molecule has 2 N–H and O–H groups in total. The van der Waals surface area contributed by atoms with E-state index in [9.17, 15) is 13.6 Å². The number of nitrogens with zero attached hydrogens (tertiary/aromatic N) is 2. The van der Waals surface area contributed by atoms with Gasteiger partial charge < -0.3 is 14.6 Å². The zero-order valence-electron chi connectivity index (χ0n) is 12.4. The molecule has 0 unspecified atom stereocenters. The van der Waals surface area contributed by atoms with Crippen LogP contribution in [0.4, 0.5) is 8.78 Å². The van der Waals surface area contributed by atoms with Crippen LogP contribution >= 0.6 is 0 Å². The molecule has 2 heterocycles. The third-order valence-electron chi connectivity index (χ3n) is 3.66. The first-order valence-electron chi connectivity index (χ1n) is 7.08. The number of aromatic amines is 1. The highest BCUT2D eigenvalue weighted by Gasteiger charge is 2.43. The van der Waals surface area contributed by atoms with Crippen LogP contribution < -0.4 is 9.47 Å². The Morgan fingerprint density at radius 2 is 1.64 bits per heavy atom. The molecule has 1 aromatic heterocycles. The SMILES string of the molecule is O=C(O)c1[nH]nnc1-c1ccc(-c2ccc3c(c2)OC(F)(F)O3)cc1. The molecule has 0 amide bonds. The molecule has 3 aromatic rings. The summed E-state index contributed by atoms with van der Waals surface area (Å²) in [5.41, 5.74) is 2.03. The van der Waals surface area contributed by atoms with Crippen molar-refractivity contribution in [2.24, 2.45) is 0 Å². The number of carbonyl (C=O) groups is 1. The number of hydrogen-bond acceptors (Lipinski definition) is 5. The lowest BCUT2D eigenvalue weighted by molar-refractivity contribution is -0.286. The highest BCUT2D eigenvalue weighted by Crippen LogP contribution is 2.43. The summed E-state index contributed by atoms with van der Waals surface area (Å²) in [6.07, 6.45) is -3.66. The molecule has 1 aliphatic heterocycles. The van der Waals surface area contributed by atoms with Gasteiger partial charge in [-0.1, -0.05) is 35.5 Å². The number of fused-ring (bicyclic) bond motifs is 1. The Morgan fingerprint density at radius 3 is 2.36 bits per heavy atom. The van der Waals surface area contributed by atoms with E-state index < -0.39 is 12.3 Å². The van der Waals surface area contributed by atoms with Gasteiger partial charge in [-0.2, -0.15) is 0 Å². The molecule has 0 aliphatic carbocycles. The number of H-pyrrole nitrogens is 1. The van der Waals surface area contributed by atoms with Crippen molar-refractivity contribution in [3.05, 3.63) is 48.2 Å². The third kappa shape index (κ3) is 2.65. The van der Waals surface area contributed by atoms with Gasteiger partial charge in [0, 0.05) is 5.56 Å². The second-order valence-corrected chi connectivity index (χ2v) is 5.25. The topological polar surface area (TPSA) is 97.3 Å². The van der Waals surface area contributed by atoms with E-state index in [0.717, 1.165) is 5.56 Å². The van der Waals surface area contributed by atoms with Crippen LogP contribution in [0.2, 0.25) is 0 Å². The van der Waals surface area contributed by atoms with Crippen LogP contribution in [0.5, 0.6) is 11.5 Å². The summed E-state index contributed by atoms with van der Waals surface area (Å²) in [4.78, 5) is 11.1. The maximum atomic E-state index is 13.1. The number of rotatable bonds is 3. The van der Waals surface area contributed by atoms with Gasteiger partial charge in [-0.3, -0.25) is 5.10 Å². The molecule has 0 fully saturated rings. The van der Waals surface area contributed by atoms with Crippen LogP contribution in [0.25, 0.3) is 22.4 Å². The van der Waals surface area contributed by atoms with Gasteiger partial charge in [-0.15, -0.1) is 13.9 Å². The average molecular weight is 345 g/mol. The lowest BCUT2D eigenvalue weighted by Crippen LogP contribution is -2.25. The molecule has 1 aliphatic rings. The number of nitrogens with one attached hydrogen (secondary N) is 1. The van der Waals surface area contributed by atoms with Crippen LogP contribution in [0, 0.1) is 0 Å². The summed E-state index contributed by atoms with van der Waals surface area (Å²) in [5.74, 6) is -1.24. The molecule has 2 aromatic carbocycles. The van der Waals surface area contributed by atoms with Gasteiger partial charge in [0.1, 0.15) is 5.69 Å². The highest BCUT2D eigenvalue weighted by atomic mass is 19.3. The lowest BCUT2D eigenvalue weighted by Gasteiger charge is -2.05. The number of benzene rings is 2. The van der Waals surface area contributed by atoms with E-state index in [1.165, 1.54) is 12.1 Å². The minimum Gasteiger partial charge on any atom is -0.476 e. The number of ether oxygens (including phenoxy) is 2. The van der Waals surface area contributed by atoms with Crippen molar-refractivity contribution in [2.45, 2.75) is 6.29 Å². The van der Waals surface area contributed by atoms with E-state index in [2.05, 4.69) is 24.9 Å². The maximum Gasteiger partial charge on any atom is 0.586 e. The van der Waals surface area contributed by atoms with Gasteiger partial charge in [0.15, 0.2) is 17.2 Å². The van der Waals surface area contributed by atoms with Gasteiger partial charge >= 0.3 is 12.3 Å². The second kappa shape index (κ2) is 5.26. The molecule has 9 heteroatoms. The largest absolute Gasteiger partial charge is 0.586 e. The first-order chi connectivity index (χ1) is 11.9. The molecular weight excluding hydrogens is 336 g/mol. The average Bonchev–Trinajstić information content (AvgIpc) is 3.17. The Morgan fingerprint density at radius 1 is 1.00 bits per heavy atom. The van der Waals surface area contributed by atoms with Crippen molar-refractivity contribution in [2.75, 3.05) is 0 Å². The Labute approximate surface area is 138 Å². The predicted octanol–water partition coefficient (Wildman–Crippen LogP) is 3.16. The monoisotopic (exact) mass is 345 g/mol. The normalized spacial score (nSPS) is 14.5. The standard InChI is InChI=1S/C16H9F2N3O4/c17-16(18)24-11-6-5-10(7-12(11)25-16)8-1-3-9(4-2-8)13-14(15(22)23)20-21-19-13/h1-7H,(H,22,23)(H,19,20,21). The fourth-order valence-electron chi connectivity index (χ4n) is 2.53. The van der Waals surface area contributed by atoms with Crippen molar-refractivity contribution >= 4 is 5.97 Å². The summed E-state index contributed by atoms with van der Waals surface area (Å²) in [6.45, 7) is 0. The Hall–Kier alpha value is -3.49. The first kappa shape index (κ1) is 15.1. The summed E-state index contributed by atoms with van der Waals surface area (Å²) in [5, 5.41) is 18.7. The zero-order chi connectivity index (χ0) is 17.6. The van der Waals surface area contributed by atoms with Crippen LogP contribution in [0.3, 0.4) is 0 Å². The summed E-state index contributed by atoms with van der Waals surface area (Å²) in [6, 6.07) is 11.2. The fourth-order valence-corrected chi connectivity index (χ4v) is 2.53. The maximum absolute atomic E-state index is 13.1. The van der Waals surface area contributed by atoms with E-state index >= 15 is 0 Å². The van der Waals surface area contributed by atoms with E-state index in [4.69, 9.17) is 5.11 Å². The summed E-state index contributed by atoms with van der Waals surface area (Å²) >= 11 is 0. The van der Waals surface area contributed by atoms with Crippen molar-refractivity contribution in [1.82, 2.24) is 15.4 Å². The van der Waals surface area contributed by atoms with Crippen LogP contribution in [0.1, 0.15) is 10.5 Å².